The zero-order chi connectivity index (χ0) is 25.5. The molecular weight excluding hydrogens is 432 g/mol. The molecule has 0 bridgehead atoms. The highest BCUT2D eigenvalue weighted by atomic mass is 16.2. The maximum absolute atomic E-state index is 12.1. The summed E-state index contributed by atoms with van der Waals surface area (Å²) in [5.41, 5.74) is 3.77. The number of fused-ring (bicyclic) bond motifs is 1. The van der Waals surface area contributed by atoms with Crippen molar-refractivity contribution >= 4 is 36.3 Å². The third-order valence-corrected chi connectivity index (χ3v) is 5.47. The number of carbonyl (C=O) groups is 4. The second kappa shape index (κ2) is 15.1. The van der Waals surface area contributed by atoms with E-state index in [1.165, 1.54) is 18.4 Å². The number of aryl methyl sites for hydroxylation is 1. The van der Waals surface area contributed by atoms with Crippen LogP contribution in [-0.4, -0.2) is 53.3 Å². The van der Waals surface area contributed by atoms with E-state index in [9.17, 15) is 9.59 Å². The zero-order valence-corrected chi connectivity index (χ0v) is 20.2. The number of H-pyrrole nitrogens is 1. The van der Waals surface area contributed by atoms with Crippen LogP contribution in [0.5, 0.6) is 0 Å². The molecule has 0 saturated carbocycles. The summed E-state index contributed by atoms with van der Waals surface area (Å²) < 4.78 is 0. The molecule has 0 unspecified atom stereocenters. The van der Waals surface area contributed by atoms with E-state index in [4.69, 9.17) is 9.59 Å². The molecule has 1 saturated heterocycles. The van der Waals surface area contributed by atoms with Gasteiger partial charge in [-0.2, -0.15) is 0 Å². The minimum absolute atomic E-state index is 0.109. The third kappa shape index (κ3) is 8.97. The van der Waals surface area contributed by atoms with Crippen LogP contribution in [0.25, 0.3) is 10.9 Å². The van der Waals surface area contributed by atoms with E-state index in [1.807, 2.05) is 61.8 Å². The van der Waals surface area contributed by atoms with E-state index in [2.05, 4.69) is 22.2 Å². The molecule has 1 fully saturated rings. The smallest absolute Gasteiger partial charge is 0.267 e. The number of aromatic amines is 1. The first-order chi connectivity index (χ1) is 16.4. The molecule has 0 spiro atoms. The molecule has 0 atom stereocenters. The van der Waals surface area contributed by atoms with Crippen LogP contribution >= 0.6 is 0 Å². The summed E-state index contributed by atoms with van der Waals surface area (Å²) in [6, 6.07) is 11.8. The van der Waals surface area contributed by atoms with Gasteiger partial charge in [-0.25, -0.2) is 0 Å². The number of nitrogens with zero attached hydrogens (tertiary/aromatic N) is 2. The lowest BCUT2D eigenvalue weighted by molar-refractivity contribution is -0.130. The van der Waals surface area contributed by atoms with E-state index >= 15 is 0 Å². The van der Waals surface area contributed by atoms with Crippen LogP contribution < -0.4 is 5.32 Å². The summed E-state index contributed by atoms with van der Waals surface area (Å²) in [5, 5.41) is 3.84. The number of hydrogen-bond donors (Lipinski definition) is 2. The Morgan fingerprint density at radius 1 is 1.09 bits per heavy atom. The van der Waals surface area contributed by atoms with Crippen molar-refractivity contribution in [3.8, 4) is 0 Å². The minimum Gasteiger partial charge on any atom is -0.350 e. The van der Waals surface area contributed by atoms with Crippen molar-refractivity contribution in [2.24, 2.45) is 5.92 Å². The molecule has 1 aliphatic rings. The highest BCUT2D eigenvalue weighted by molar-refractivity contribution is 5.97. The van der Waals surface area contributed by atoms with Crippen LogP contribution in [0.4, 0.5) is 0 Å². The number of rotatable bonds is 3. The van der Waals surface area contributed by atoms with E-state index in [-0.39, 0.29) is 11.8 Å². The normalized spacial score (nSPS) is 12.7. The molecule has 34 heavy (non-hydrogen) atoms. The maximum Gasteiger partial charge on any atom is 0.267 e. The van der Waals surface area contributed by atoms with E-state index < -0.39 is 0 Å². The predicted octanol–water partition coefficient (Wildman–Crippen LogP) is 3.70. The Bertz CT molecular complexity index is 990. The van der Waals surface area contributed by atoms with Gasteiger partial charge in [0.15, 0.2) is 0 Å². The number of nitrogens with one attached hydrogen (secondary N) is 2. The van der Waals surface area contributed by atoms with Gasteiger partial charge in [-0.15, -0.1) is 0 Å². The van der Waals surface area contributed by atoms with Crippen molar-refractivity contribution in [3.63, 3.8) is 0 Å². The van der Waals surface area contributed by atoms with Crippen molar-refractivity contribution in [3.05, 3.63) is 65.6 Å². The van der Waals surface area contributed by atoms with Crippen molar-refractivity contribution in [1.82, 2.24) is 20.2 Å². The topological polar surface area (TPSA) is 112 Å². The minimum atomic E-state index is -0.109. The van der Waals surface area contributed by atoms with Gasteiger partial charge in [0.25, 0.3) is 5.91 Å². The molecule has 2 amide bonds. The Morgan fingerprint density at radius 2 is 1.71 bits per heavy atom. The standard InChI is InChI=1S/C16H15N3O.C8H15NO.2CH2O/c1-11-2-4-12(5-3-11)9-18-16(20)15-8-13-10-17-7-6-14(13)19-15;1-7-3-5-9(6-4-7)8(2)10;2*1-2/h2-8,10,19H,9H2,1H3,(H,18,20);7H,3-6H2,1-2H3;2*1H2. The molecule has 182 valence electrons. The van der Waals surface area contributed by atoms with Crippen LogP contribution in [0.15, 0.2) is 48.8 Å². The lowest BCUT2D eigenvalue weighted by Gasteiger charge is -2.29. The van der Waals surface area contributed by atoms with Crippen LogP contribution in [0.1, 0.15) is 48.3 Å². The van der Waals surface area contributed by atoms with Gasteiger partial charge >= 0.3 is 0 Å². The first-order valence-electron chi connectivity index (χ1n) is 11.0. The van der Waals surface area contributed by atoms with Crippen LogP contribution in [0.2, 0.25) is 0 Å². The quantitative estimate of drug-likeness (QED) is 0.611. The van der Waals surface area contributed by atoms with E-state index in [1.54, 1.807) is 19.3 Å². The number of piperidine rings is 1. The summed E-state index contributed by atoms with van der Waals surface area (Å²) in [4.78, 5) is 48.0. The average molecular weight is 467 g/mol. The molecule has 1 aromatic carbocycles. The molecule has 3 aromatic rings. The molecular formula is C26H34N4O4. The molecule has 8 heteroatoms. The Kier molecular flexibility index (Phi) is 12.5. The summed E-state index contributed by atoms with van der Waals surface area (Å²) in [6.07, 6.45) is 5.80. The largest absolute Gasteiger partial charge is 0.350 e. The van der Waals surface area contributed by atoms with Gasteiger partial charge in [-0.1, -0.05) is 36.8 Å². The predicted molar refractivity (Wildman–Crippen MR) is 133 cm³/mol. The van der Waals surface area contributed by atoms with Gasteiger partial charge in [0.05, 0.1) is 0 Å². The number of aromatic nitrogens is 2. The molecule has 2 aromatic heterocycles. The number of amides is 2. The fourth-order valence-corrected chi connectivity index (χ4v) is 3.40. The first-order valence-corrected chi connectivity index (χ1v) is 11.0. The van der Waals surface area contributed by atoms with Crippen molar-refractivity contribution in [2.45, 2.75) is 40.2 Å². The van der Waals surface area contributed by atoms with Gasteiger partial charge in [0, 0.05) is 49.9 Å². The molecule has 0 radical (unpaired) electrons. The van der Waals surface area contributed by atoms with Gasteiger partial charge < -0.3 is 24.8 Å². The molecule has 8 nitrogen and oxygen atoms in total. The zero-order valence-electron chi connectivity index (χ0n) is 20.2. The third-order valence-electron chi connectivity index (χ3n) is 5.47. The molecule has 0 aliphatic carbocycles. The fraction of sp³-hybridized carbons (Fsp3) is 0.346. The maximum atomic E-state index is 12.1. The Balaban J connectivity index is 0.000000349. The Hall–Kier alpha value is -3.81. The SMILES string of the molecule is C=O.C=O.CC(=O)N1CCC(C)CC1.Cc1ccc(CNC(=O)c2cc3cnccc3[nH]2)cc1. The van der Waals surface area contributed by atoms with Crippen molar-refractivity contribution < 1.29 is 19.2 Å². The molecule has 4 rings (SSSR count). The number of carbonyl (C=O) groups excluding carboxylic acids is 4. The molecule has 2 N–H and O–H groups in total. The second-order valence-electron chi connectivity index (χ2n) is 8.00. The molecule has 1 aliphatic heterocycles. The Morgan fingerprint density at radius 3 is 2.26 bits per heavy atom. The highest BCUT2D eigenvalue weighted by Gasteiger charge is 2.16. The van der Waals surface area contributed by atoms with Gasteiger partial charge in [0.2, 0.25) is 5.91 Å². The van der Waals surface area contributed by atoms with Crippen molar-refractivity contribution in [2.75, 3.05) is 13.1 Å². The van der Waals surface area contributed by atoms with Crippen molar-refractivity contribution in [1.29, 1.82) is 0 Å². The number of likely N-dealkylation sites (tertiary alicyclic amines) is 1. The number of hydrogen-bond acceptors (Lipinski definition) is 5. The highest BCUT2D eigenvalue weighted by Crippen LogP contribution is 2.15. The lowest BCUT2D eigenvalue weighted by atomic mass is 9.99. The van der Waals surface area contributed by atoms with Crippen LogP contribution in [-0.2, 0) is 20.9 Å². The second-order valence-corrected chi connectivity index (χ2v) is 8.00. The molecule has 3 heterocycles. The first kappa shape index (κ1) is 28.2. The Labute approximate surface area is 200 Å². The lowest BCUT2D eigenvalue weighted by Crippen LogP contribution is -2.36. The average Bonchev–Trinajstić information content (AvgIpc) is 3.31. The van der Waals surface area contributed by atoms with Gasteiger partial charge in [0.1, 0.15) is 19.3 Å². The summed E-state index contributed by atoms with van der Waals surface area (Å²) >= 11 is 0. The number of benzene rings is 1. The van der Waals surface area contributed by atoms with Gasteiger partial charge in [-0.05, 0) is 43.4 Å². The van der Waals surface area contributed by atoms with E-state index in [0.717, 1.165) is 35.5 Å². The summed E-state index contributed by atoms with van der Waals surface area (Å²) in [5.74, 6) is 0.935. The number of pyridine rings is 1. The van der Waals surface area contributed by atoms with Crippen LogP contribution in [0.3, 0.4) is 0 Å². The fourth-order valence-electron chi connectivity index (χ4n) is 3.40. The summed E-state index contributed by atoms with van der Waals surface area (Å²) in [6.45, 7) is 12.4. The van der Waals surface area contributed by atoms with Crippen LogP contribution in [0, 0.1) is 12.8 Å². The monoisotopic (exact) mass is 466 g/mol. The van der Waals surface area contributed by atoms with E-state index in [0.29, 0.717) is 12.2 Å². The summed E-state index contributed by atoms with van der Waals surface area (Å²) in [7, 11) is 0. The van der Waals surface area contributed by atoms with Gasteiger partial charge in [-0.3, -0.25) is 14.6 Å².